The van der Waals surface area contributed by atoms with E-state index < -0.39 is 18.0 Å². The Morgan fingerprint density at radius 1 is 1.10 bits per heavy atom. The summed E-state index contributed by atoms with van der Waals surface area (Å²) in [4.78, 5) is 25.8. The molecular weight excluding hydrogens is 270 g/mol. The number of aryl methyl sites for hydroxylation is 2. The van der Waals surface area contributed by atoms with Gasteiger partial charge in [0.2, 0.25) is 0 Å². The van der Waals surface area contributed by atoms with E-state index in [9.17, 15) is 9.59 Å². The zero-order chi connectivity index (χ0) is 15.6. The first-order valence-corrected chi connectivity index (χ1v) is 7.20. The predicted octanol–water partition coefficient (Wildman–Crippen LogP) is 2.23. The van der Waals surface area contributed by atoms with Gasteiger partial charge in [0, 0.05) is 13.2 Å². The molecule has 1 aliphatic heterocycles. The van der Waals surface area contributed by atoms with Gasteiger partial charge in [0.1, 0.15) is 0 Å². The molecule has 5 heteroatoms. The fraction of sp³-hybridized carbons (Fsp3) is 0.500. The molecule has 2 rings (SSSR count). The van der Waals surface area contributed by atoms with Crippen molar-refractivity contribution < 1.29 is 19.1 Å². The van der Waals surface area contributed by atoms with Crippen LogP contribution < -0.4 is 4.90 Å². The van der Waals surface area contributed by atoms with E-state index in [0.29, 0.717) is 24.5 Å². The molecule has 1 amide bonds. The number of rotatable bonds is 6. The Bertz CT molecular complexity index is 562. The van der Waals surface area contributed by atoms with Gasteiger partial charge in [-0.05, 0) is 44.9 Å². The zero-order valence-electron chi connectivity index (χ0n) is 12.9. The molecule has 0 N–H and O–H groups in total. The average Bonchev–Trinajstić information content (AvgIpc) is 2.65. The number of anilines is 1. The van der Waals surface area contributed by atoms with Crippen molar-refractivity contribution in [2.45, 2.75) is 34.0 Å². The molecular formula is C16H21NO4. The summed E-state index contributed by atoms with van der Waals surface area (Å²) in [5.41, 5.74) is 3.04. The Balaban J connectivity index is 2.34. The van der Waals surface area contributed by atoms with Crippen molar-refractivity contribution in [2.24, 2.45) is 0 Å². The van der Waals surface area contributed by atoms with Crippen molar-refractivity contribution in [2.75, 3.05) is 24.7 Å². The molecule has 0 fully saturated rings. The van der Waals surface area contributed by atoms with Gasteiger partial charge in [0.25, 0.3) is 11.7 Å². The molecule has 114 valence electrons. The minimum Gasteiger partial charge on any atom is -0.351 e. The van der Waals surface area contributed by atoms with Gasteiger partial charge < -0.3 is 9.47 Å². The lowest BCUT2D eigenvalue weighted by Crippen LogP contribution is -2.39. The Morgan fingerprint density at radius 3 is 2.29 bits per heavy atom. The Labute approximate surface area is 124 Å². The van der Waals surface area contributed by atoms with E-state index in [1.54, 1.807) is 6.07 Å². The number of nitrogens with zero attached hydrogens (tertiary/aromatic N) is 1. The van der Waals surface area contributed by atoms with Crippen LogP contribution in [-0.4, -0.2) is 37.7 Å². The lowest BCUT2D eigenvalue weighted by atomic mass is 10.0. The molecule has 21 heavy (non-hydrogen) atoms. The molecule has 1 heterocycles. The Hall–Kier alpha value is -1.72. The van der Waals surface area contributed by atoms with Gasteiger partial charge in [-0.15, -0.1) is 0 Å². The van der Waals surface area contributed by atoms with Crippen LogP contribution in [0.4, 0.5) is 5.69 Å². The largest absolute Gasteiger partial charge is 0.351 e. The lowest BCUT2D eigenvalue weighted by Gasteiger charge is -2.24. The highest BCUT2D eigenvalue weighted by Gasteiger charge is 2.38. The van der Waals surface area contributed by atoms with E-state index in [-0.39, 0.29) is 6.54 Å². The second-order valence-corrected chi connectivity index (χ2v) is 5.06. The van der Waals surface area contributed by atoms with E-state index >= 15 is 0 Å². The Morgan fingerprint density at radius 2 is 1.71 bits per heavy atom. The third kappa shape index (κ3) is 2.99. The molecule has 0 aliphatic carbocycles. The minimum absolute atomic E-state index is 0.225. The number of fused-ring (bicyclic) bond motifs is 1. The zero-order valence-corrected chi connectivity index (χ0v) is 12.9. The van der Waals surface area contributed by atoms with Gasteiger partial charge in [-0.3, -0.25) is 14.5 Å². The molecule has 0 spiro atoms. The second kappa shape index (κ2) is 6.37. The smallest absolute Gasteiger partial charge is 0.299 e. The van der Waals surface area contributed by atoms with E-state index in [1.807, 2.05) is 33.8 Å². The summed E-state index contributed by atoms with van der Waals surface area (Å²) in [6.45, 7) is 8.75. The SMILES string of the molecule is CCOC(CN1C(=O)C(=O)c2cc(C)cc(C)c21)OCC. The summed E-state index contributed by atoms with van der Waals surface area (Å²) in [7, 11) is 0. The van der Waals surface area contributed by atoms with Gasteiger partial charge in [-0.2, -0.15) is 0 Å². The van der Waals surface area contributed by atoms with Gasteiger partial charge in [-0.1, -0.05) is 6.07 Å². The average molecular weight is 291 g/mol. The number of carbonyl (C=O) groups excluding carboxylic acids is 2. The summed E-state index contributed by atoms with van der Waals surface area (Å²) < 4.78 is 11.0. The maximum Gasteiger partial charge on any atom is 0.299 e. The van der Waals surface area contributed by atoms with Crippen LogP contribution in [0.1, 0.15) is 35.3 Å². The van der Waals surface area contributed by atoms with E-state index in [2.05, 4.69) is 0 Å². The summed E-state index contributed by atoms with van der Waals surface area (Å²) in [6, 6.07) is 3.73. The normalized spacial score (nSPS) is 14.2. The topological polar surface area (TPSA) is 55.8 Å². The first-order chi connectivity index (χ1) is 9.99. The molecule has 0 unspecified atom stereocenters. The highest BCUT2D eigenvalue weighted by Crippen LogP contribution is 2.33. The molecule has 1 aromatic rings. The first kappa shape index (κ1) is 15.7. The summed E-state index contributed by atoms with van der Waals surface area (Å²) in [6.07, 6.45) is -0.525. The molecule has 1 aliphatic rings. The quantitative estimate of drug-likeness (QED) is 0.596. The molecule has 0 atom stereocenters. The maximum absolute atomic E-state index is 12.2. The monoisotopic (exact) mass is 291 g/mol. The number of ether oxygens (including phenoxy) is 2. The van der Waals surface area contributed by atoms with Crippen molar-refractivity contribution in [3.05, 3.63) is 28.8 Å². The number of amides is 1. The van der Waals surface area contributed by atoms with Gasteiger partial charge in [-0.25, -0.2) is 0 Å². The molecule has 0 saturated carbocycles. The van der Waals surface area contributed by atoms with Crippen LogP contribution in [0.5, 0.6) is 0 Å². The van der Waals surface area contributed by atoms with Crippen molar-refractivity contribution in [1.29, 1.82) is 0 Å². The fourth-order valence-corrected chi connectivity index (χ4v) is 2.68. The van der Waals surface area contributed by atoms with Crippen molar-refractivity contribution >= 4 is 17.4 Å². The first-order valence-electron chi connectivity index (χ1n) is 7.20. The van der Waals surface area contributed by atoms with E-state index in [1.165, 1.54) is 4.90 Å². The predicted molar refractivity (Wildman–Crippen MR) is 79.6 cm³/mol. The van der Waals surface area contributed by atoms with Gasteiger partial charge in [0.05, 0.1) is 17.8 Å². The second-order valence-electron chi connectivity index (χ2n) is 5.06. The van der Waals surface area contributed by atoms with Crippen molar-refractivity contribution in [3.63, 3.8) is 0 Å². The minimum atomic E-state index is -0.525. The van der Waals surface area contributed by atoms with Crippen LogP contribution >= 0.6 is 0 Å². The third-order valence-electron chi connectivity index (χ3n) is 3.44. The third-order valence-corrected chi connectivity index (χ3v) is 3.44. The van der Waals surface area contributed by atoms with Crippen LogP contribution in [0.3, 0.4) is 0 Å². The number of carbonyl (C=O) groups is 2. The van der Waals surface area contributed by atoms with E-state index in [0.717, 1.165) is 11.1 Å². The lowest BCUT2D eigenvalue weighted by molar-refractivity contribution is -0.134. The summed E-state index contributed by atoms with van der Waals surface area (Å²) in [5, 5.41) is 0. The van der Waals surface area contributed by atoms with Crippen molar-refractivity contribution in [3.8, 4) is 0 Å². The van der Waals surface area contributed by atoms with Crippen LogP contribution in [-0.2, 0) is 14.3 Å². The van der Waals surface area contributed by atoms with Crippen LogP contribution in [0, 0.1) is 13.8 Å². The molecule has 0 aromatic heterocycles. The number of benzene rings is 1. The van der Waals surface area contributed by atoms with Gasteiger partial charge >= 0.3 is 0 Å². The summed E-state index contributed by atoms with van der Waals surface area (Å²) in [5.74, 6) is -0.966. The molecule has 0 saturated heterocycles. The maximum atomic E-state index is 12.2. The highest BCUT2D eigenvalue weighted by atomic mass is 16.7. The van der Waals surface area contributed by atoms with E-state index in [4.69, 9.17) is 9.47 Å². The van der Waals surface area contributed by atoms with Crippen LogP contribution in [0.25, 0.3) is 0 Å². The fourth-order valence-electron chi connectivity index (χ4n) is 2.68. The number of ketones is 1. The number of Topliss-reactive ketones (excluding diaryl/α,β-unsaturated/α-hetero) is 1. The highest BCUT2D eigenvalue weighted by molar-refractivity contribution is 6.52. The van der Waals surface area contributed by atoms with Gasteiger partial charge in [0.15, 0.2) is 6.29 Å². The molecule has 1 aromatic carbocycles. The number of hydrogen-bond donors (Lipinski definition) is 0. The molecule has 0 bridgehead atoms. The molecule has 5 nitrogen and oxygen atoms in total. The van der Waals surface area contributed by atoms with Crippen molar-refractivity contribution in [1.82, 2.24) is 0 Å². The Kier molecular flexibility index (Phi) is 4.75. The summed E-state index contributed by atoms with van der Waals surface area (Å²) >= 11 is 0. The van der Waals surface area contributed by atoms with Crippen LogP contribution in [0.2, 0.25) is 0 Å². The number of hydrogen-bond acceptors (Lipinski definition) is 4. The standard InChI is InChI=1S/C16H21NO4/c1-5-20-13(21-6-2)9-17-14-11(4)7-10(3)8-12(14)15(18)16(17)19/h7-8,13H,5-6,9H2,1-4H3. The molecule has 0 radical (unpaired) electrons. The van der Waals surface area contributed by atoms with Crippen LogP contribution in [0.15, 0.2) is 12.1 Å².